The van der Waals surface area contributed by atoms with Crippen molar-refractivity contribution < 1.29 is 14.7 Å². The first kappa shape index (κ1) is 7.86. The Morgan fingerprint density at radius 1 is 1.38 bits per heavy atom. The Labute approximate surface area is 74.1 Å². The van der Waals surface area contributed by atoms with Gasteiger partial charge in [0, 0.05) is 11.1 Å². The third-order valence-electron chi connectivity index (χ3n) is 2.10. The minimum Gasteiger partial charge on any atom is -0.376 e. The van der Waals surface area contributed by atoms with Crippen LogP contribution in [0.2, 0.25) is 0 Å². The molecule has 0 bridgehead atoms. The van der Waals surface area contributed by atoms with Gasteiger partial charge in [-0.05, 0) is 0 Å². The molecule has 0 aliphatic heterocycles. The van der Waals surface area contributed by atoms with Crippen molar-refractivity contribution in [1.82, 2.24) is 0 Å². The van der Waals surface area contributed by atoms with Crippen LogP contribution >= 0.6 is 0 Å². The summed E-state index contributed by atoms with van der Waals surface area (Å²) in [7, 11) is 0. The van der Waals surface area contributed by atoms with E-state index in [1.54, 1.807) is 24.3 Å². The van der Waals surface area contributed by atoms with Crippen molar-refractivity contribution >= 4 is 11.5 Å². The number of hydrogen-bond acceptors (Lipinski definition) is 2. The van der Waals surface area contributed by atoms with Gasteiger partial charge in [-0.15, -0.1) is 0 Å². The predicted molar refractivity (Wildman–Crippen MR) is 44.4 cm³/mol. The minimum atomic E-state index is -1.09. The zero-order valence-electron chi connectivity index (χ0n) is 6.64. The summed E-state index contributed by atoms with van der Waals surface area (Å²) in [5, 5.41) is 9.50. The van der Waals surface area contributed by atoms with Crippen molar-refractivity contribution in [3.8, 4) is 0 Å². The van der Waals surface area contributed by atoms with Gasteiger partial charge in [0.2, 0.25) is 0 Å². The summed E-state index contributed by atoms with van der Waals surface area (Å²) in [5.74, 6) is -0.411. The van der Waals surface area contributed by atoms with E-state index in [1.165, 1.54) is 0 Å². The smallest absolute Gasteiger partial charge is 0.371 e. The Hall–Kier alpha value is -1.77. The van der Waals surface area contributed by atoms with Crippen LogP contribution in [0.5, 0.6) is 0 Å². The van der Waals surface area contributed by atoms with Gasteiger partial charge in [-0.1, -0.05) is 24.3 Å². The van der Waals surface area contributed by atoms with Gasteiger partial charge in [-0.2, -0.15) is 4.79 Å². The van der Waals surface area contributed by atoms with Gasteiger partial charge >= 0.3 is 5.71 Å². The summed E-state index contributed by atoms with van der Waals surface area (Å²) in [6, 6.07) is 6.65. The van der Waals surface area contributed by atoms with Crippen molar-refractivity contribution in [2.75, 3.05) is 0 Å². The maximum atomic E-state index is 11.4. The highest BCUT2D eigenvalue weighted by molar-refractivity contribution is 6.48. The first-order valence-electron chi connectivity index (χ1n) is 3.79. The van der Waals surface area contributed by atoms with Crippen molar-refractivity contribution in [3.63, 3.8) is 0 Å². The van der Waals surface area contributed by atoms with Gasteiger partial charge in [0.05, 0.1) is 0 Å². The van der Waals surface area contributed by atoms with Crippen molar-refractivity contribution in [2.24, 2.45) is 0 Å². The SMILES string of the molecule is [N-]=[N+]=C1C(=O)c2ccccc2C1O. The third-order valence-corrected chi connectivity index (χ3v) is 2.10. The first-order valence-corrected chi connectivity index (χ1v) is 3.79. The standard InChI is InChI=1S/C9H6N2O2/c10-11-7-8(12)5-3-1-2-4-6(5)9(7)13/h1-4,8,12H. The van der Waals surface area contributed by atoms with Crippen molar-refractivity contribution in [3.05, 3.63) is 40.9 Å². The summed E-state index contributed by atoms with van der Waals surface area (Å²) in [6.07, 6.45) is -1.09. The quantitative estimate of drug-likeness (QED) is 0.461. The molecule has 1 N–H and O–H groups in total. The molecule has 2 rings (SSSR count). The fraction of sp³-hybridized carbons (Fsp3) is 0.111. The number of benzene rings is 1. The van der Waals surface area contributed by atoms with E-state index in [9.17, 15) is 9.90 Å². The maximum absolute atomic E-state index is 11.4. The molecule has 1 atom stereocenters. The number of aliphatic hydroxyl groups excluding tert-OH is 1. The van der Waals surface area contributed by atoms with Gasteiger partial charge in [-0.25, -0.2) is 0 Å². The molecule has 0 fully saturated rings. The lowest BCUT2D eigenvalue weighted by Crippen LogP contribution is -2.13. The Kier molecular flexibility index (Phi) is 1.59. The largest absolute Gasteiger partial charge is 0.376 e. The molecule has 1 aromatic rings. The lowest BCUT2D eigenvalue weighted by Gasteiger charge is -1.96. The number of nitrogens with zero attached hydrogens (tertiary/aromatic N) is 2. The van der Waals surface area contributed by atoms with Crippen LogP contribution in [0.4, 0.5) is 0 Å². The molecule has 0 heterocycles. The summed E-state index contributed by atoms with van der Waals surface area (Å²) < 4.78 is 0. The van der Waals surface area contributed by atoms with E-state index < -0.39 is 11.9 Å². The van der Waals surface area contributed by atoms with E-state index in [1.807, 2.05) is 0 Å². The van der Waals surface area contributed by atoms with Crippen LogP contribution in [0.15, 0.2) is 24.3 Å². The molecule has 1 aliphatic rings. The number of aliphatic hydroxyl groups is 1. The molecule has 0 saturated carbocycles. The average molecular weight is 174 g/mol. The van der Waals surface area contributed by atoms with Gasteiger partial charge in [0.25, 0.3) is 5.78 Å². The molecular formula is C9H6N2O2. The van der Waals surface area contributed by atoms with Crippen LogP contribution in [0.3, 0.4) is 0 Å². The number of carbonyl (C=O) groups is 1. The minimum absolute atomic E-state index is 0.207. The molecule has 64 valence electrons. The van der Waals surface area contributed by atoms with Crippen LogP contribution in [0.1, 0.15) is 22.0 Å². The summed E-state index contributed by atoms with van der Waals surface area (Å²) in [6.45, 7) is 0. The molecular weight excluding hydrogens is 168 g/mol. The molecule has 4 heteroatoms. The number of ketones is 1. The van der Waals surface area contributed by atoms with Gasteiger partial charge < -0.3 is 10.6 Å². The van der Waals surface area contributed by atoms with Crippen LogP contribution < -0.4 is 0 Å². The molecule has 0 amide bonds. The number of fused-ring (bicyclic) bond motifs is 1. The number of carbonyl (C=O) groups excluding carboxylic acids is 1. The summed E-state index contributed by atoms with van der Waals surface area (Å²) in [5.41, 5.74) is 9.18. The van der Waals surface area contributed by atoms with E-state index in [0.29, 0.717) is 11.1 Å². The van der Waals surface area contributed by atoms with Gasteiger partial charge in [-0.3, -0.25) is 4.79 Å². The monoisotopic (exact) mass is 174 g/mol. The predicted octanol–water partition coefficient (Wildman–Crippen LogP) is 0.587. The Bertz CT molecular complexity index is 433. The maximum Gasteiger partial charge on any atom is 0.371 e. The van der Waals surface area contributed by atoms with Crippen LogP contribution in [0.25, 0.3) is 5.53 Å². The fourth-order valence-electron chi connectivity index (χ4n) is 1.45. The lowest BCUT2D eigenvalue weighted by molar-refractivity contribution is -0.0197. The lowest BCUT2D eigenvalue weighted by atomic mass is 10.1. The molecule has 1 unspecified atom stereocenters. The third kappa shape index (κ3) is 0.935. The highest BCUT2D eigenvalue weighted by atomic mass is 16.3. The Morgan fingerprint density at radius 2 is 2.08 bits per heavy atom. The second-order valence-corrected chi connectivity index (χ2v) is 2.80. The van der Waals surface area contributed by atoms with Crippen LogP contribution in [-0.2, 0) is 0 Å². The first-order chi connectivity index (χ1) is 6.25. The Morgan fingerprint density at radius 3 is 2.69 bits per heavy atom. The van der Waals surface area contributed by atoms with Gasteiger partial charge in [0.15, 0.2) is 6.10 Å². The Balaban J connectivity index is 2.70. The normalized spacial score (nSPS) is 19.9. The van der Waals surface area contributed by atoms with Crippen LogP contribution in [0, 0.1) is 0 Å². The fourth-order valence-corrected chi connectivity index (χ4v) is 1.45. The van der Waals surface area contributed by atoms with E-state index >= 15 is 0 Å². The second-order valence-electron chi connectivity index (χ2n) is 2.80. The zero-order valence-corrected chi connectivity index (χ0v) is 6.64. The molecule has 1 aliphatic carbocycles. The van der Waals surface area contributed by atoms with E-state index in [4.69, 9.17) is 5.53 Å². The zero-order chi connectivity index (χ0) is 9.42. The van der Waals surface area contributed by atoms with Crippen molar-refractivity contribution in [2.45, 2.75) is 6.10 Å². The van der Waals surface area contributed by atoms with E-state index in [2.05, 4.69) is 4.79 Å². The van der Waals surface area contributed by atoms with E-state index in [-0.39, 0.29) is 5.71 Å². The molecule has 0 radical (unpaired) electrons. The second kappa shape index (κ2) is 2.62. The topological polar surface area (TPSA) is 73.7 Å². The van der Waals surface area contributed by atoms with E-state index in [0.717, 1.165) is 0 Å². The summed E-state index contributed by atoms with van der Waals surface area (Å²) in [4.78, 5) is 14.2. The summed E-state index contributed by atoms with van der Waals surface area (Å²) >= 11 is 0. The number of Topliss-reactive ketones (excluding diaryl/α,β-unsaturated/α-hetero) is 1. The average Bonchev–Trinajstić information content (AvgIpc) is 2.41. The molecule has 0 aromatic heterocycles. The van der Waals surface area contributed by atoms with Gasteiger partial charge in [0.1, 0.15) is 0 Å². The van der Waals surface area contributed by atoms with Crippen LogP contribution in [-0.4, -0.2) is 21.4 Å². The van der Waals surface area contributed by atoms with Crippen molar-refractivity contribution in [1.29, 1.82) is 0 Å². The number of hydrogen-bond donors (Lipinski definition) is 1. The molecule has 1 aromatic carbocycles. The number of rotatable bonds is 0. The highest BCUT2D eigenvalue weighted by Gasteiger charge is 2.41. The molecule has 4 nitrogen and oxygen atoms in total. The molecule has 13 heavy (non-hydrogen) atoms. The molecule has 0 spiro atoms. The molecule has 0 saturated heterocycles. The highest BCUT2D eigenvalue weighted by Crippen LogP contribution is 2.27.